The number of benzene rings is 2. The van der Waals surface area contributed by atoms with Crippen molar-refractivity contribution in [2.45, 2.75) is 23.9 Å². The molecule has 0 aliphatic carbocycles. The van der Waals surface area contributed by atoms with Crippen LogP contribution in [-0.4, -0.2) is 37.1 Å². The average molecular weight is 475 g/mol. The Morgan fingerprint density at radius 1 is 1.19 bits per heavy atom. The first-order valence-electron chi connectivity index (χ1n) is 9.32. The van der Waals surface area contributed by atoms with Gasteiger partial charge in [-0.05, 0) is 43.7 Å². The summed E-state index contributed by atoms with van der Waals surface area (Å²) < 4.78 is 26.9. The van der Waals surface area contributed by atoms with Gasteiger partial charge in [-0.1, -0.05) is 41.1 Å². The second-order valence-electron chi connectivity index (χ2n) is 7.15. The Bertz CT molecular complexity index is 1310. The molecule has 3 aromatic rings. The van der Waals surface area contributed by atoms with Gasteiger partial charge in [-0.25, -0.2) is 18.4 Å². The molecule has 160 valence electrons. The summed E-state index contributed by atoms with van der Waals surface area (Å²) in [6.07, 6.45) is 1.29. The van der Waals surface area contributed by atoms with Crippen LogP contribution in [0.25, 0.3) is 11.3 Å². The van der Waals surface area contributed by atoms with Crippen molar-refractivity contribution in [2.24, 2.45) is 0 Å². The number of halogens is 1. The third-order valence-corrected chi connectivity index (χ3v) is 7.78. The number of anilines is 2. The SMILES string of the molecule is Cc1ccc(NC(=O)CSc2ncc3c(n2)-c2ccc(Cl)cc2N(C)S3(=O)=O)c(C)c1. The monoisotopic (exact) mass is 474 g/mol. The predicted octanol–water partition coefficient (Wildman–Crippen LogP) is 4.28. The van der Waals surface area contributed by atoms with Crippen molar-refractivity contribution < 1.29 is 13.2 Å². The topological polar surface area (TPSA) is 92.3 Å². The molecule has 0 unspecified atom stereocenters. The molecule has 1 amide bonds. The highest BCUT2D eigenvalue weighted by Gasteiger charge is 2.34. The molecule has 0 bridgehead atoms. The lowest BCUT2D eigenvalue weighted by Gasteiger charge is -2.28. The van der Waals surface area contributed by atoms with Crippen molar-refractivity contribution in [2.75, 3.05) is 22.4 Å². The normalized spacial score (nSPS) is 14.0. The first-order chi connectivity index (χ1) is 14.7. The Hall–Kier alpha value is -2.62. The molecule has 0 saturated heterocycles. The molecule has 1 aromatic heterocycles. The molecule has 1 aliphatic heterocycles. The van der Waals surface area contributed by atoms with Crippen LogP contribution >= 0.6 is 23.4 Å². The second-order valence-corrected chi connectivity index (χ2v) is 10.5. The second kappa shape index (κ2) is 8.14. The fourth-order valence-electron chi connectivity index (χ4n) is 3.32. The number of hydrogen-bond acceptors (Lipinski definition) is 6. The van der Waals surface area contributed by atoms with E-state index in [0.29, 0.717) is 27.1 Å². The summed E-state index contributed by atoms with van der Waals surface area (Å²) in [6, 6.07) is 10.8. The Kier molecular flexibility index (Phi) is 5.67. The molecule has 2 heterocycles. The highest BCUT2D eigenvalue weighted by molar-refractivity contribution is 7.99. The summed E-state index contributed by atoms with van der Waals surface area (Å²) in [6.45, 7) is 3.93. The minimum Gasteiger partial charge on any atom is -0.325 e. The molecule has 1 N–H and O–H groups in total. The van der Waals surface area contributed by atoms with Crippen molar-refractivity contribution in [3.05, 3.63) is 58.7 Å². The summed E-state index contributed by atoms with van der Waals surface area (Å²) in [4.78, 5) is 21.0. The number of fused-ring (bicyclic) bond motifs is 3. The summed E-state index contributed by atoms with van der Waals surface area (Å²) in [5, 5.41) is 3.62. The maximum absolute atomic E-state index is 12.8. The Balaban J connectivity index is 1.58. The Morgan fingerprint density at radius 3 is 2.71 bits per heavy atom. The first kappa shape index (κ1) is 21.6. The van der Waals surface area contributed by atoms with E-state index in [0.717, 1.165) is 28.6 Å². The van der Waals surface area contributed by atoms with Crippen molar-refractivity contribution in [3.63, 3.8) is 0 Å². The van der Waals surface area contributed by atoms with E-state index in [1.807, 2.05) is 32.0 Å². The lowest BCUT2D eigenvalue weighted by molar-refractivity contribution is -0.113. The number of sulfonamides is 1. The largest absolute Gasteiger partial charge is 0.325 e. The molecule has 0 atom stereocenters. The van der Waals surface area contributed by atoms with Crippen LogP contribution in [-0.2, 0) is 14.8 Å². The average Bonchev–Trinajstić information content (AvgIpc) is 2.72. The van der Waals surface area contributed by atoms with Gasteiger partial charge in [0.1, 0.15) is 4.90 Å². The van der Waals surface area contributed by atoms with E-state index in [-0.39, 0.29) is 16.6 Å². The van der Waals surface area contributed by atoms with E-state index in [1.54, 1.807) is 18.2 Å². The Morgan fingerprint density at radius 2 is 1.97 bits per heavy atom. The van der Waals surface area contributed by atoms with Gasteiger partial charge in [0, 0.05) is 23.3 Å². The molecule has 10 heteroatoms. The lowest BCUT2D eigenvalue weighted by Crippen LogP contribution is -2.31. The van der Waals surface area contributed by atoms with Crippen LogP contribution < -0.4 is 9.62 Å². The minimum absolute atomic E-state index is 0.0221. The van der Waals surface area contributed by atoms with Gasteiger partial charge in [-0.3, -0.25) is 9.10 Å². The maximum atomic E-state index is 12.8. The van der Waals surface area contributed by atoms with Crippen LogP contribution in [0.2, 0.25) is 5.02 Å². The standard InChI is InChI=1S/C21H19ClN4O3S2/c1-12-4-7-16(13(2)8-12)24-19(27)11-30-21-23-10-18-20(25-21)15-6-5-14(22)9-17(15)26(3)31(18,28)29/h4-10H,11H2,1-3H3,(H,24,27). The fraction of sp³-hybridized carbons (Fsp3) is 0.190. The molecule has 0 radical (unpaired) electrons. The number of hydrogen-bond donors (Lipinski definition) is 1. The molecule has 7 nitrogen and oxygen atoms in total. The summed E-state index contributed by atoms with van der Waals surface area (Å²) in [5.41, 5.74) is 4.24. The van der Waals surface area contributed by atoms with Gasteiger partial charge in [-0.2, -0.15) is 0 Å². The highest BCUT2D eigenvalue weighted by atomic mass is 35.5. The third-order valence-electron chi connectivity index (χ3n) is 4.91. The van der Waals surface area contributed by atoms with Gasteiger partial charge in [0.05, 0.1) is 23.3 Å². The predicted molar refractivity (Wildman–Crippen MR) is 123 cm³/mol. The number of thioether (sulfide) groups is 1. The molecule has 4 rings (SSSR count). The van der Waals surface area contributed by atoms with E-state index in [2.05, 4.69) is 15.3 Å². The van der Waals surface area contributed by atoms with Crippen LogP contribution in [0.15, 0.2) is 52.6 Å². The van der Waals surface area contributed by atoms with E-state index in [9.17, 15) is 13.2 Å². The van der Waals surface area contributed by atoms with Gasteiger partial charge in [0.2, 0.25) is 5.91 Å². The number of aromatic nitrogens is 2. The zero-order chi connectivity index (χ0) is 22.3. The molecular weight excluding hydrogens is 456 g/mol. The van der Waals surface area contributed by atoms with Gasteiger partial charge < -0.3 is 5.32 Å². The highest BCUT2D eigenvalue weighted by Crippen LogP contribution is 2.42. The molecule has 0 saturated carbocycles. The van der Waals surface area contributed by atoms with Crippen LogP contribution in [0, 0.1) is 13.8 Å². The quantitative estimate of drug-likeness (QED) is 0.448. The number of carbonyl (C=O) groups is 1. The molecule has 0 fully saturated rings. The van der Waals surface area contributed by atoms with Gasteiger partial charge in [0.15, 0.2) is 5.16 Å². The third kappa shape index (κ3) is 4.13. The van der Waals surface area contributed by atoms with E-state index in [4.69, 9.17) is 11.6 Å². The van der Waals surface area contributed by atoms with Crippen molar-refractivity contribution >= 4 is 50.7 Å². The van der Waals surface area contributed by atoms with Gasteiger partial charge in [-0.15, -0.1) is 0 Å². The number of amides is 1. The first-order valence-corrected chi connectivity index (χ1v) is 12.1. The molecular formula is C21H19ClN4O3S2. The summed E-state index contributed by atoms with van der Waals surface area (Å²) >= 11 is 7.20. The van der Waals surface area contributed by atoms with Crippen LogP contribution in [0.4, 0.5) is 11.4 Å². The van der Waals surface area contributed by atoms with E-state index >= 15 is 0 Å². The molecule has 2 aromatic carbocycles. The molecule has 31 heavy (non-hydrogen) atoms. The van der Waals surface area contributed by atoms with Crippen molar-refractivity contribution in [3.8, 4) is 11.3 Å². The van der Waals surface area contributed by atoms with Crippen LogP contribution in [0.1, 0.15) is 11.1 Å². The number of carbonyl (C=O) groups excluding carboxylic acids is 1. The zero-order valence-electron chi connectivity index (χ0n) is 17.0. The summed E-state index contributed by atoms with van der Waals surface area (Å²) in [5.74, 6) is -0.107. The minimum atomic E-state index is -3.79. The van der Waals surface area contributed by atoms with Crippen LogP contribution in [0.5, 0.6) is 0 Å². The fourth-order valence-corrected chi connectivity index (χ4v) is 5.39. The van der Waals surface area contributed by atoms with Gasteiger partial charge in [0.25, 0.3) is 10.0 Å². The van der Waals surface area contributed by atoms with Crippen molar-refractivity contribution in [1.82, 2.24) is 9.97 Å². The van der Waals surface area contributed by atoms with E-state index in [1.165, 1.54) is 17.5 Å². The number of nitrogens with one attached hydrogen (secondary N) is 1. The smallest absolute Gasteiger partial charge is 0.267 e. The molecule has 0 spiro atoms. The maximum Gasteiger partial charge on any atom is 0.267 e. The number of rotatable bonds is 4. The summed E-state index contributed by atoms with van der Waals surface area (Å²) in [7, 11) is -2.32. The van der Waals surface area contributed by atoms with E-state index < -0.39 is 10.0 Å². The number of aryl methyl sites for hydroxylation is 2. The number of nitrogens with zero attached hydrogens (tertiary/aromatic N) is 3. The van der Waals surface area contributed by atoms with Gasteiger partial charge >= 0.3 is 0 Å². The lowest BCUT2D eigenvalue weighted by atomic mass is 10.1. The van der Waals surface area contributed by atoms with Crippen molar-refractivity contribution in [1.29, 1.82) is 0 Å². The zero-order valence-corrected chi connectivity index (χ0v) is 19.4. The Labute approximate surface area is 189 Å². The van der Waals surface area contributed by atoms with Crippen LogP contribution in [0.3, 0.4) is 0 Å². The molecule has 1 aliphatic rings.